The summed E-state index contributed by atoms with van der Waals surface area (Å²) in [7, 11) is 2.16. The zero-order chi connectivity index (χ0) is 14.0. The molecule has 2 aliphatic rings. The molecule has 2 N–H and O–H groups in total. The number of piperidine rings is 1. The highest BCUT2D eigenvalue weighted by atomic mass is 16.2. The van der Waals surface area contributed by atoms with Crippen LogP contribution in [-0.2, 0) is 4.79 Å². The van der Waals surface area contributed by atoms with Crippen LogP contribution in [0.4, 0.5) is 0 Å². The van der Waals surface area contributed by atoms with Gasteiger partial charge in [-0.25, -0.2) is 0 Å². The molecule has 2 heterocycles. The second kappa shape index (κ2) is 5.80. The Morgan fingerprint density at radius 2 is 2.05 bits per heavy atom. The van der Waals surface area contributed by atoms with Gasteiger partial charge in [0, 0.05) is 31.1 Å². The van der Waals surface area contributed by atoms with Crippen molar-refractivity contribution >= 4 is 5.91 Å². The van der Waals surface area contributed by atoms with Crippen LogP contribution >= 0.6 is 0 Å². The fourth-order valence-corrected chi connectivity index (χ4v) is 3.41. The van der Waals surface area contributed by atoms with Crippen LogP contribution in [0.1, 0.15) is 46.0 Å². The van der Waals surface area contributed by atoms with Crippen LogP contribution < -0.4 is 5.73 Å². The molecule has 4 nitrogen and oxygen atoms in total. The maximum absolute atomic E-state index is 12.5. The van der Waals surface area contributed by atoms with Crippen LogP contribution in [0.3, 0.4) is 0 Å². The Morgan fingerprint density at radius 1 is 1.32 bits per heavy atom. The van der Waals surface area contributed by atoms with Crippen LogP contribution in [0.25, 0.3) is 0 Å². The number of amides is 1. The van der Waals surface area contributed by atoms with Gasteiger partial charge < -0.3 is 15.5 Å². The summed E-state index contributed by atoms with van der Waals surface area (Å²) in [4.78, 5) is 16.8. The Bertz CT molecular complexity index is 329. The van der Waals surface area contributed by atoms with Crippen molar-refractivity contribution in [3.8, 4) is 0 Å². The number of rotatable bonds is 3. The summed E-state index contributed by atoms with van der Waals surface area (Å²) in [6.07, 6.45) is 5.02. The van der Waals surface area contributed by atoms with Crippen molar-refractivity contribution in [2.75, 3.05) is 26.7 Å². The molecule has 0 aromatic rings. The van der Waals surface area contributed by atoms with Gasteiger partial charge in [-0.2, -0.15) is 0 Å². The number of likely N-dealkylation sites (tertiary alicyclic amines) is 2. The van der Waals surface area contributed by atoms with Crippen molar-refractivity contribution in [3.63, 3.8) is 0 Å². The van der Waals surface area contributed by atoms with Gasteiger partial charge >= 0.3 is 0 Å². The minimum Gasteiger partial charge on any atom is -0.336 e. The van der Waals surface area contributed by atoms with E-state index in [-0.39, 0.29) is 11.6 Å². The highest BCUT2D eigenvalue weighted by molar-refractivity contribution is 5.77. The third-order valence-electron chi connectivity index (χ3n) is 4.83. The quantitative estimate of drug-likeness (QED) is 0.842. The average molecular weight is 267 g/mol. The molecule has 0 bridgehead atoms. The molecule has 19 heavy (non-hydrogen) atoms. The van der Waals surface area contributed by atoms with Gasteiger partial charge in [0.15, 0.2) is 0 Å². The fraction of sp³-hybridized carbons (Fsp3) is 0.933. The Balaban J connectivity index is 1.84. The lowest BCUT2D eigenvalue weighted by atomic mass is 9.87. The molecule has 0 aromatic carbocycles. The monoisotopic (exact) mass is 267 g/mol. The number of nitrogens with two attached hydrogens (primary N) is 1. The zero-order valence-corrected chi connectivity index (χ0v) is 12.7. The largest absolute Gasteiger partial charge is 0.336 e. The third kappa shape index (κ3) is 3.69. The van der Waals surface area contributed by atoms with E-state index in [1.54, 1.807) is 0 Å². The van der Waals surface area contributed by atoms with Gasteiger partial charge in [-0.3, -0.25) is 4.79 Å². The normalized spacial score (nSPS) is 31.7. The molecule has 110 valence electrons. The van der Waals surface area contributed by atoms with Crippen LogP contribution in [-0.4, -0.2) is 54.0 Å². The van der Waals surface area contributed by atoms with E-state index in [1.807, 2.05) is 4.90 Å². The highest BCUT2D eigenvalue weighted by Gasteiger charge is 2.36. The summed E-state index contributed by atoms with van der Waals surface area (Å²) in [5.74, 6) is 1.00. The minimum absolute atomic E-state index is 0.0145. The Kier molecular flexibility index (Phi) is 4.51. The molecule has 2 rings (SSSR count). The van der Waals surface area contributed by atoms with Crippen molar-refractivity contribution in [2.45, 2.75) is 57.5 Å². The minimum atomic E-state index is -0.0145. The van der Waals surface area contributed by atoms with Gasteiger partial charge in [-0.1, -0.05) is 0 Å². The van der Waals surface area contributed by atoms with Crippen LogP contribution in [0.2, 0.25) is 0 Å². The molecule has 2 unspecified atom stereocenters. The standard InChI is InChI=1S/C15H29N3O/c1-15(2)8-6-13(16)11-18(15)14(19)5-4-12-7-9-17(3)10-12/h12-13H,4-11,16H2,1-3H3. The maximum atomic E-state index is 12.5. The van der Waals surface area contributed by atoms with Crippen LogP contribution in [0.5, 0.6) is 0 Å². The van der Waals surface area contributed by atoms with E-state index < -0.39 is 0 Å². The van der Waals surface area contributed by atoms with Crippen molar-refractivity contribution in [3.05, 3.63) is 0 Å². The van der Waals surface area contributed by atoms with E-state index in [9.17, 15) is 4.79 Å². The molecule has 2 saturated heterocycles. The number of carbonyl (C=O) groups is 1. The predicted octanol–water partition coefficient (Wildman–Crippen LogP) is 1.45. The fourth-order valence-electron chi connectivity index (χ4n) is 3.41. The molecule has 2 fully saturated rings. The molecule has 0 saturated carbocycles. The lowest BCUT2D eigenvalue weighted by Crippen LogP contribution is -2.56. The smallest absolute Gasteiger partial charge is 0.223 e. The summed E-state index contributed by atoms with van der Waals surface area (Å²) in [6.45, 7) is 7.39. The van der Waals surface area contributed by atoms with Crippen LogP contribution in [0.15, 0.2) is 0 Å². The average Bonchev–Trinajstić information content (AvgIpc) is 2.75. The molecule has 0 aromatic heterocycles. The van der Waals surface area contributed by atoms with Crippen molar-refractivity contribution in [1.82, 2.24) is 9.80 Å². The van der Waals surface area contributed by atoms with Crippen molar-refractivity contribution < 1.29 is 4.79 Å². The summed E-state index contributed by atoms with van der Waals surface area (Å²) in [5.41, 5.74) is 6.01. The van der Waals surface area contributed by atoms with E-state index in [0.717, 1.165) is 32.4 Å². The Labute approximate surface area is 117 Å². The molecule has 0 spiro atoms. The van der Waals surface area contributed by atoms with E-state index in [1.165, 1.54) is 13.0 Å². The van der Waals surface area contributed by atoms with Gasteiger partial charge in [0.2, 0.25) is 5.91 Å². The summed E-state index contributed by atoms with van der Waals surface area (Å²) < 4.78 is 0. The summed E-state index contributed by atoms with van der Waals surface area (Å²) >= 11 is 0. The maximum Gasteiger partial charge on any atom is 0.223 e. The number of hydrogen-bond acceptors (Lipinski definition) is 3. The number of hydrogen-bond donors (Lipinski definition) is 1. The van der Waals surface area contributed by atoms with Gasteiger partial charge in [0.25, 0.3) is 0 Å². The zero-order valence-electron chi connectivity index (χ0n) is 12.7. The molecule has 2 atom stereocenters. The highest BCUT2D eigenvalue weighted by Crippen LogP contribution is 2.28. The number of carbonyl (C=O) groups excluding carboxylic acids is 1. The van der Waals surface area contributed by atoms with E-state index in [0.29, 0.717) is 18.2 Å². The van der Waals surface area contributed by atoms with Crippen molar-refractivity contribution in [2.24, 2.45) is 11.7 Å². The predicted molar refractivity (Wildman–Crippen MR) is 77.8 cm³/mol. The van der Waals surface area contributed by atoms with E-state index >= 15 is 0 Å². The number of nitrogens with zero attached hydrogens (tertiary/aromatic N) is 2. The van der Waals surface area contributed by atoms with Gasteiger partial charge in [0.05, 0.1) is 0 Å². The molecular formula is C15H29N3O. The second-order valence-corrected chi connectivity index (χ2v) is 7.07. The molecule has 2 aliphatic heterocycles. The summed E-state index contributed by atoms with van der Waals surface area (Å²) in [6, 6.07) is 0.162. The van der Waals surface area contributed by atoms with E-state index in [2.05, 4.69) is 25.8 Å². The first-order valence-electron chi connectivity index (χ1n) is 7.63. The second-order valence-electron chi connectivity index (χ2n) is 7.07. The topological polar surface area (TPSA) is 49.6 Å². The lowest BCUT2D eigenvalue weighted by molar-refractivity contribution is -0.139. The van der Waals surface area contributed by atoms with Gasteiger partial charge in [0.1, 0.15) is 0 Å². The van der Waals surface area contributed by atoms with Crippen molar-refractivity contribution in [1.29, 1.82) is 0 Å². The van der Waals surface area contributed by atoms with E-state index in [4.69, 9.17) is 5.73 Å². The Morgan fingerprint density at radius 3 is 2.68 bits per heavy atom. The third-order valence-corrected chi connectivity index (χ3v) is 4.83. The molecule has 4 heteroatoms. The SMILES string of the molecule is CN1CCC(CCC(=O)N2CC(N)CCC2(C)C)C1. The molecule has 1 amide bonds. The van der Waals surface area contributed by atoms with Gasteiger partial charge in [-0.15, -0.1) is 0 Å². The lowest BCUT2D eigenvalue weighted by Gasteiger charge is -2.45. The summed E-state index contributed by atoms with van der Waals surface area (Å²) in [5, 5.41) is 0. The van der Waals surface area contributed by atoms with Crippen LogP contribution in [0, 0.1) is 5.92 Å². The molecule has 0 aliphatic carbocycles. The Hall–Kier alpha value is -0.610. The first kappa shape index (κ1) is 14.8. The first-order valence-corrected chi connectivity index (χ1v) is 7.63. The molecule has 0 radical (unpaired) electrons. The first-order chi connectivity index (χ1) is 8.88. The molecular weight excluding hydrogens is 238 g/mol. The van der Waals surface area contributed by atoms with Gasteiger partial charge in [-0.05, 0) is 59.0 Å².